The lowest BCUT2D eigenvalue weighted by atomic mass is 9.92. The fraction of sp³-hybridized carbons (Fsp3) is 0.929. The van der Waals surface area contributed by atoms with E-state index in [1.54, 1.807) is 0 Å². The van der Waals surface area contributed by atoms with Gasteiger partial charge < -0.3 is 10.0 Å². The molecule has 1 heterocycles. The van der Waals surface area contributed by atoms with Crippen molar-refractivity contribution in [1.29, 1.82) is 0 Å². The van der Waals surface area contributed by atoms with Crippen LogP contribution in [0.3, 0.4) is 0 Å². The van der Waals surface area contributed by atoms with Crippen LogP contribution < -0.4 is 0 Å². The molecule has 0 radical (unpaired) electrons. The van der Waals surface area contributed by atoms with E-state index >= 15 is 0 Å². The molecule has 0 aromatic carbocycles. The first kappa shape index (κ1) is 11.5. The number of hydrogen-bond acceptors (Lipinski definition) is 2. The van der Waals surface area contributed by atoms with Gasteiger partial charge in [-0.3, -0.25) is 4.79 Å². The molecule has 0 aromatic rings. The number of carbonyl (C=O) groups is 1. The van der Waals surface area contributed by atoms with Gasteiger partial charge in [0.15, 0.2) is 0 Å². The minimum absolute atomic E-state index is 0.192. The number of piperidine rings is 1. The van der Waals surface area contributed by atoms with E-state index in [0.29, 0.717) is 17.7 Å². The van der Waals surface area contributed by atoms with Crippen molar-refractivity contribution in [3.05, 3.63) is 0 Å². The van der Waals surface area contributed by atoms with Gasteiger partial charge in [-0.1, -0.05) is 13.3 Å². The molecule has 4 unspecified atom stereocenters. The van der Waals surface area contributed by atoms with Crippen LogP contribution in [0.2, 0.25) is 0 Å². The summed E-state index contributed by atoms with van der Waals surface area (Å²) in [7, 11) is 0. The van der Waals surface area contributed by atoms with E-state index in [1.807, 2.05) is 4.90 Å². The van der Waals surface area contributed by atoms with Gasteiger partial charge in [-0.25, -0.2) is 0 Å². The van der Waals surface area contributed by atoms with Crippen molar-refractivity contribution in [3.8, 4) is 0 Å². The van der Waals surface area contributed by atoms with Crippen molar-refractivity contribution in [2.24, 2.45) is 23.7 Å². The van der Waals surface area contributed by atoms with Gasteiger partial charge in [0.05, 0.1) is 6.10 Å². The first-order valence-electron chi connectivity index (χ1n) is 7.19. The summed E-state index contributed by atoms with van der Waals surface area (Å²) < 4.78 is 0. The van der Waals surface area contributed by atoms with Crippen molar-refractivity contribution in [2.45, 2.75) is 45.1 Å². The highest BCUT2D eigenvalue weighted by atomic mass is 16.3. The summed E-state index contributed by atoms with van der Waals surface area (Å²) in [4.78, 5) is 14.4. The largest absolute Gasteiger partial charge is 0.393 e. The molecule has 3 nitrogen and oxygen atoms in total. The molecule has 3 aliphatic rings. The Kier molecular flexibility index (Phi) is 2.89. The average Bonchev–Trinajstić information content (AvgIpc) is 2.82. The maximum atomic E-state index is 12.4. The fourth-order valence-corrected chi connectivity index (χ4v) is 4.02. The number of aliphatic hydroxyl groups excluding tert-OH is 1. The number of likely N-dealkylation sites (tertiary alicyclic amines) is 1. The molecule has 0 aromatic heterocycles. The Balaban J connectivity index is 1.59. The predicted octanol–water partition coefficient (Wildman–Crippen LogP) is 1.65. The second-order valence-corrected chi connectivity index (χ2v) is 6.09. The molecule has 3 heteroatoms. The Morgan fingerprint density at radius 2 is 2.00 bits per heavy atom. The number of fused-ring (bicyclic) bond motifs is 1. The average molecular weight is 237 g/mol. The number of carbonyl (C=O) groups excluding carboxylic acids is 1. The number of aliphatic hydroxyl groups is 1. The molecular weight excluding hydrogens is 214 g/mol. The van der Waals surface area contributed by atoms with Gasteiger partial charge >= 0.3 is 0 Å². The minimum Gasteiger partial charge on any atom is -0.393 e. The Morgan fingerprint density at radius 3 is 2.65 bits per heavy atom. The third kappa shape index (κ3) is 1.88. The summed E-state index contributed by atoms with van der Waals surface area (Å²) in [5.74, 6) is 2.48. The van der Waals surface area contributed by atoms with Crippen LogP contribution in [0.4, 0.5) is 0 Å². The molecule has 0 bridgehead atoms. The van der Waals surface area contributed by atoms with Gasteiger partial charge in [0.25, 0.3) is 0 Å². The van der Waals surface area contributed by atoms with Gasteiger partial charge in [0, 0.05) is 24.9 Å². The third-order valence-electron chi connectivity index (χ3n) is 5.22. The highest BCUT2D eigenvalue weighted by Gasteiger charge is 2.57. The molecule has 4 atom stereocenters. The topological polar surface area (TPSA) is 40.5 Å². The molecule has 17 heavy (non-hydrogen) atoms. The van der Waals surface area contributed by atoms with Gasteiger partial charge in [0.1, 0.15) is 0 Å². The Morgan fingerprint density at radius 1 is 1.29 bits per heavy atom. The van der Waals surface area contributed by atoms with Crippen LogP contribution >= 0.6 is 0 Å². The standard InChI is InChI=1S/C14H23NO2/c1-2-9-8-15(7-6-12(9)16)14(17)13-10-4-3-5-11(10)13/h9-13,16H,2-8H2,1H3. The van der Waals surface area contributed by atoms with Crippen LogP contribution in [0, 0.1) is 23.7 Å². The summed E-state index contributed by atoms with van der Waals surface area (Å²) in [5, 5.41) is 9.85. The Hall–Kier alpha value is -0.570. The quantitative estimate of drug-likeness (QED) is 0.793. The van der Waals surface area contributed by atoms with Crippen LogP contribution in [0.5, 0.6) is 0 Å². The molecule has 1 saturated heterocycles. The summed E-state index contributed by atoms with van der Waals surface area (Å²) >= 11 is 0. The zero-order valence-electron chi connectivity index (χ0n) is 10.6. The van der Waals surface area contributed by atoms with Crippen molar-refractivity contribution in [2.75, 3.05) is 13.1 Å². The monoisotopic (exact) mass is 237 g/mol. The second-order valence-electron chi connectivity index (χ2n) is 6.09. The number of hydrogen-bond donors (Lipinski definition) is 1. The van der Waals surface area contributed by atoms with Crippen molar-refractivity contribution in [1.82, 2.24) is 4.90 Å². The lowest BCUT2D eigenvalue weighted by Gasteiger charge is -2.36. The zero-order chi connectivity index (χ0) is 12.0. The van der Waals surface area contributed by atoms with Crippen LogP contribution in [-0.4, -0.2) is 35.1 Å². The molecular formula is C14H23NO2. The first-order valence-corrected chi connectivity index (χ1v) is 7.19. The summed E-state index contributed by atoms with van der Waals surface area (Å²) in [6, 6.07) is 0. The zero-order valence-corrected chi connectivity index (χ0v) is 10.6. The van der Waals surface area contributed by atoms with E-state index in [4.69, 9.17) is 0 Å². The van der Waals surface area contributed by atoms with E-state index in [2.05, 4.69) is 6.92 Å². The van der Waals surface area contributed by atoms with Crippen molar-refractivity contribution in [3.63, 3.8) is 0 Å². The molecule has 0 spiro atoms. The third-order valence-corrected chi connectivity index (χ3v) is 5.22. The van der Waals surface area contributed by atoms with Gasteiger partial charge in [-0.2, -0.15) is 0 Å². The minimum atomic E-state index is -0.192. The first-order chi connectivity index (χ1) is 8.22. The Bertz CT molecular complexity index is 307. The van der Waals surface area contributed by atoms with E-state index < -0.39 is 0 Å². The summed E-state index contributed by atoms with van der Waals surface area (Å²) in [6.45, 7) is 3.66. The highest BCUT2D eigenvalue weighted by Crippen LogP contribution is 2.58. The molecule has 1 amide bonds. The van der Waals surface area contributed by atoms with Gasteiger partial charge in [-0.15, -0.1) is 0 Å². The summed E-state index contributed by atoms with van der Waals surface area (Å²) in [5.41, 5.74) is 0. The van der Waals surface area contributed by atoms with Crippen LogP contribution in [0.25, 0.3) is 0 Å². The fourth-order valence-electron chi connectivity index (χ4n) is 4.02. The maximum Gasteiger partial charge on any atom is 0.226 e. The number of nitrogens with zero attached hydrogens (tertiary/aromatic N) is 1. The van der Waals surface area contributed by atoms with Gasteiger partial charge in [0.2, 0.25) is 5.91 Å². The molecule has 1 aliphatic heterocycles. The lowest BCUT2D eigenvalue weighted by Crippen LogP contribution is -2.46. The predicted molar refractivity (Wildman–Crippen MR) is 65.3 cm³/mol. The van der Waals surface area contributed by atoms with Crippen molar-refractivity contribution >= 4 is 5.91 Å². The molecule has 3 fully saturated rings. The molecule has 2 saturated carbocycles. The Labute approximate surface area is 103 Å². The van der Waals surface area contributed by atoms with Crippen LogP contribution in [-0.2, 0) is 4.79 Å². The van der Waals surface area contributed by atoms with Crippen LogP contribution in [0.15, 0.2) is 0 Å². The SMILES string of the molecule is CCC1CN(C(=O)C2C3CCCC32)CCC1O. The van der Waals surface area contributed by atoms with Gasteiger partial charge in [-0.05, 0) is 37.5 Å². The smallest absolute Gasteiger partial charge is 0.226 e. The number of amides is 1. The van der Waals surface area contributed by atoms with E-state index in [1.165, 1.54) is 19.3 Å². The number of rotatable bonds is 2. The van der Waals surface area contributed by atoms with Crippen molar-refractivity contribution < 1.29 is 9.90 Å². The highest BCUT2D eigenvalue weighted by molar-refractivity contribution is 5.82. The molecule has 1 N–H and O–H groups in total. The van der Waals surface area contributed by atoms with E-state index in [9.17, 15) is 9.90 Å². The normalized spacial score (nSPS) is 44.6. The summed E-state index contributed by atoms with van der Waals surface area (Å²) in [6.07, 6.45) is 5.43. The molecule has 3 rings (SSSR count). The second kappa shape index (κ2) is 4.27. The lowest BCUT2D eigenvalue weighted by molar-refractivity contribution is -0.137. The van der Waals surface area contributed by atoms with Crippen LogP contribution in [0.1, 0.15) is 39.0 Å². The maximum absolute atomic E-state index is 12.4. The molecule has 96 valence electrons. The van der Waals surface area contributed by atoms with E-state index in [-0.39, 0.29) is 6.10 Å². The van der Waals surface area contributed by atoms with E-state index in [0.717, 1.165) is 37.8 Å². The molecule has 2 aliphatic carbocycles.